The molecule has 0 fully saturated rings. The number of carbonyl (C=O) groups excluding carboxylic acids is 2. The fourth-order valence-corrected chi connectivity index (χ4v) is 4.17. The molecule has 1 aliphatic heterocycles. The van der Waals surface area contributed by atoms with E-state index < -0.39 is 18.5 Å². The zero-order valence-electron chi connectivity index (χ0n) is 14.5. The van der Waals surface area contributed by atoms with Crippen LogP contribution in [0.4, 0.5) is 18.3 Å². The van der Waals surface area contributed by atoms with Crippen molar-refractivity contribution in [1.29, 1.82) is 0 Å². The minimum atomic E-state index is -4.57. The van der Waals surface area contributed by atoms with Crippen LogP contribution in [0.1, 0.15) is 27.5 Å². The molecule has 0 atom stereocenters. The van der Waals surface area contributed by atoms with Gasteiger partial charge in [-0.05, 0) is 12.1 Å². The molecule has 0 radical (unpaired) electrons. The first-order valence-electron chi connectivity index (χ1n) is 8.51. The molecule has 0 saturated heterocycles. The Labute approximate surface area is 161 Å². The highest BCUT2D eigenvalue weighted by Gasteiger charge is 2.32. The second-order valence-electron chi connectivity index (χ2n) is 6.48. The minimum absolute atomic E-state index is 0.124. The molecule has 28 heavy (non-hydrogen) atoms. The molecule has 2 N–H and O–H groups in total. The Kier molecular flexibility index (Phi) is 4.58. The number of H-pyrrole nitrogens is 1. The zero-order valence-corrected chi connectivity index (χ0v) is 15.3. The number of hydrogen-bond donors (Lipinski definition) is 2. The molecule has 3 aromatic rings. The number of benzene rings is 1. The van der Waals surface area contributed by atoms with Gasteiger partial charge < -0.3 is 15.2 Å². The van der Waals surface area contributed by atoms with Crippen molar-refractivity contribution in [3.05, 3.63) is 46.6 Å². The first-order valence-corrected chi connectivity index (χ1v) is 9.32. The summed E-state index contributed by atoms with van der Waals surface area (Å²) in [6.45, 7) is 0.747. The van der Waals surface area contributed by atoms with Gasteiger partial charge in [0.1, 0.15) is 12.1 Å². The van der Waals surface area contributed by atoms with Gasteiger partial charge in [0.2, 0.25) is 5.91 Å². The van der Waals surface area contributed by atoms with Crippen LogP contribution in [0.25, 0.3) is 10.9 Å². The number of anilines is 1. The summed E-state index contributed by atoms with van der Waals surface area (Å²) >= 11 is 1.10. The fourth-order valence-electron chi connectivity index (χ4n) is 3.13. The van der Waals surface area contributed by atoms with Crippen LogP contribution in [-0.4, -0.2) is 39.4 Å². The van der Waals surface area contributed by atoms with Crippen LogP contribution in [0, 0.1) is 0 Å². The molecule has 2 amide bonds. The molecular weight excluding hydrogens is 393 g/mol. The van der Waals surface area contributed by atoms with Crippen LogP contribution in [-0.2, 0) is 17.8 Å². The molecule has 1 aromatic carbocycles. The number of nitrogens with one attached hydrogen (secondary N) is 2. The molecule has 6 nitrogen and oxygen atoms in total. The van der Waals surface area contributed by atoms with E-state index in [1.165, 1.54) is 0 Å². The molecule has 10 heteroatoms. The predicted octanol–water partition coefficient (Wildman–Crippen LogP) is 3.71. The van der Waals surface area contributed by atoms with Crippen LogP contribution in [0.3, 0.4) is 0 Å². The van der Waals surface area contributed by atoms with E-state index in [2.05, 4.69) is 15.3 Å². The first-order chi connectivity index (χ1) is 13.3. The number of hydrogen-bond acceptors (Lipinski definition) is 4. The third-order valence-corrected chi connectivity index (χ3v) is 5.38. The third kappa shape index (κ3) is 3.86. The van der Waals surface area contributed by atoms with E-state index in [1.807, 2.05) is 24.3 Å². The maximum absolute atomic E-state index is 12.8. The summed E-state index contributed by atoms with van der Waals surface area (Å²) in [4.78, 5) is 34.0. The highest BCUT2D eigenvalue weighted by atomic mass is 32.1. The Balaban J connectivity index is 1.46. The largest absolute Gasteiger partial charge is 0.397 e. The molecule has 0 saturated carbocycles. The number of halogens is 3. The van der Waals surface area contributed by atoms with E-state index in [9.17, 15) is 22.8 Å². The van der Waals surface area contributed by atoms with E-state index in [1.54, 1.807) is 11.0 Å². The quantitative estimate of drug-likeness (QED) is 0.694. The molecule has 2 aromatic heterocycles. The zero-order chi connectivity index (χ0) is 19.9. The van der Waals surface area contributed by atoms with E-state index in [0.717, 1.165) is 27.1 Å². The van der Waals surface area contributed by atoms with Gasteiger partial charge in [0, 0.05) is 28.7 Å². The SMILES string of the molecule is O=C(CC(F)(F)F)Nc1nc2c(s1)CN(C(=O)c1cc3ccccc3[nH]1)CC2. The van der Waals surface area contributed by atoms with Crippen molar-refractivity contribution < 1.29 is 22.8 Å². The lowest BCUT2D eigenvalue weighted by Crippen LogP contribution is -2.35. The summed E-state index contributed by atoms with van der Waals surface area (Å²) in [6.07, 6.45) is -5.64. The number of amides is 2. The van der Waals surface area contributed by atoms with E-state index in [0.29, 0.717) is 30.9 Å². The van der Waals surface area contributed by atoms with Crippen molar-refractivity contribution in [2.45, 2.75) is 25.6 Å². The Hall–Kier alpha value is -2.88. The van der Waals surface area contributed by atoms with Gasteiger partial charge in [-0.15, -0.1) is 0 Å². The molecule has 0 unspecified atom stereocenters. The van der Waals surface area contributed by atoms with Crippen LogP contribution < -0.4 is 5.32 Å². The topological polar surface area (TPSA) is 78.1 Å². The van der Waals surface area contributed by atoms with Gasteiger partial charge >= 0.3 is 6.18 Å². The summed E-state index contributed by atoms with van der Waals surface area (Å²) in [5.41, 5.74) is 2.05. The molecular formula is C18H15F3N4O2S. The summed E-state index contributed by atoms with van der Waals surface area (Å²) in [6, 6.07) is 9.37. The molecule has 1 aliphatic rings. The van der Waals surface area contributed by atoms with Crippen molar-refractivity contribution in [2.75, 3.05) is 11.9 Å². The molecule has 146 valence electrons. The van der Waals surface area contributed by atoms with E-state index >= 15 is 0 Å². The number of fused-ring (bicyclic) bond motifs is 2. The minimum Gasteiger partial charge on any atom is -0.351 e. The van der Waals surface area contributed by atoms with Crippen LogP contribution in [0.15, 0.2) is 30.3 Å². The molecule has 3 heterocycles. The molecule has 0 bridgehead atoms. The van der Waals surface area contributed by atoms with Crippen LogP contribution in [0.2, 0.25) is 0 Å². The monoisotopic (exact) mass is 408 g/mol. The Morgan fingerprint density at radius 2 is 2.07 bits per heavy atom. The van der Waals surface area contributed by atoms with Gasteiger partial charge in [-0.1, -0.05) is 29.5 Å². The average molecular weight is 408 g/mol. The lowest BCUT2D eigenvalue weighted by molar-refractivity contribution is -0.150. The van der Waals surface area contributed by atoms with Crippen molar-refractivity contribution in [3.63, 3.8) is 0 Å². The maximum atomic E-state index is 12.8. The normalized spacial score (nSPS) is 14.2. The highest BCUT2D eigenvalue weighted by molar-refractivity contribution is 7.15. The summed E-state index contributed by atoms with van der Waals surface area (Å²) in [5, 5.41) is 3.25. The number of carbonyl (C=O) groups is 2. The second-order valence-corrected chi connectivity index (χ2v) is 7.56. The first kappa shape index (κ1) is 18.5. The number of rotatable bonds is 3. The van der Waals surface area contributed by atoms with Gasteiger partial charge in [-0.2, -0.15) is 13.2 Å². The maximum Gasteiger partial charge on any atom is 0.397 e. The Bertz CT molecular complexity index is 1020. The fraction of sp³-hybridized carbons (Fsp3) is 0.278. The molecule has 0 spiro atoms. The van der Waals surface area contributed by atoms with Crippen molar-refractivity contribution in [2.24, 2.45) is 0 Å². The van der Waals surface area contributed by atoms with E-state index in [-0.39, 0.29) is 11.0 Å². The van der Waals surface area contributed by atoms with Crippen LogP contribution in [0.5, 0.6) is 0 Å². The number of thiazole rings is 1. The van der Waals surface area contributed by atoms with Gasteiger partial charge in [0.25, 0.3) is 5.91 Å². The molecule has 0 aliphatic carbocycles. The van der Waals surface area contributed by atoms with Crippen molar-refractivity contribution in [1.82, 2.24) is 14.9 Å². The lowest BCUT2D eigenvalue weighted by Gasteiger charge is -2.25. The Morgan fingerprint density at radius 1 is 1.29 bits per heavy atom. The van der Waals surface area contributed by atoms with E-state index in [4.69, 9.17) is 0 Å². The van der Waals surface area contributed by atoms with Gasteiger partial charge in [0.05, 0.1) is 12.2 Å². The standard InChI is InChI=1S/C18H15F3N4O2S/c19-18(20,21)8-15(26)24-17-23-12-5-6-25(9-14(12)28-17)16(27)13-7-10-3-1-2-4-11(10)22-13/h1-4,7,22H,5-6,8-9H2,(H,23,24,26). The molecule has 4 rings (SSSR count). The summed E-state index contributed by atoms with van der Waals surface area (Å²) in [5.74, 6) is -1.30. The smallest absolute Gasteiger partial charge is 0.351 e. The number of nitrogens with zero attached hydrogens (tertiary/aromatic N) is 2. The number of aromatic amines is 1. The number of alkyl halides is 3. The summed E-state index contributed by atoms with van der Waals surface area (Å²) in [7, 11) is 0. The van der Waals surface area contributed by atoms with Gasteiger partial charge in [0.15, 0.2) is 5.13 Å². The van der Waals surface area contributed by atoms with Crippen molar-refractivity contribution >= 4 is 39.2 Å². The second kappa shape index (κ2) is 6.93. The van der Waals surface area contributed by atoms with Gasteiger partial charge in [-0.3, -0.25) is 9.59 Å². The number of aromatic nitrogens is 2. The lowest BCUT2D eigenvalue weighted by atomic mass is 10.1. The average Bonchev–Trinajstić information content (AvgIpc) is 3.21. The third-order valence-electron chi connectivity index (χ3n) is 4.39. The van der Waals surface area contributed by atoms with Crippen molar-refractivity contribution in [3.8, 4) is 0 Å². The highest BCUT2D eigenvalue weighted by Crippen LogP contribution is 2.30. The Morgan fingerprint density at radius 3 is 2.82 bits per heavy atom. The van der Waals surface area contributed by atoms with Crippen LogP contribution >= 0.6 is 11.3 Å². The number of para-hydroxylation sites is 1. The van der Waals surface area contributed by atoms with Gasteiger partial charge in [-0.25, -0.2) is 4.98 Å². The summed E-state index contributed by atoms with van der Waals surface area (Å²) < 4.78 is 36.9. The predicted molar refractivity (Wildman–Crippen MR) is 98.2 cm³/mol.